The summed E-state index contributed by atoms with van der Waals surface area (Å²) in [6.07, 6.45) is 1.60. The highest BCUT2D eigenvalue weighted by Crippen LogP contribution is 2.37. The molecular formula is C25H34O9. The van der Waals surface area contributed by atoms with E-state index in [1.54, 1.807) is 26.8 Å². The van der Waals surface area contributed by atoms with E-state index in [1.807, 2.05) is 13.0 Å². The number of hydrogen-bond donors (Lipinski definition) is 3. The summed E-state index contributed by atoms with van der Waals surface area (Å²) >= 11 is 0. The summed E-state index contributed by atoms with van der Waals surface area (Å²) in [5, 5.41) is 28.6. The second kappa shape index (κ2) is 12.1. The van der Waals surface area contributed by atoms with Crippen LogP contribution in [0.2, 0.25) is 0 Å². The van der Waals surface area contributed by atoms with Gasteiger partial charge in [0, 0.05) is 18.4 Å². The van der Waals surface area contributed by atoms with Crippen molar-refractivity contribution in [3.63, 3.8) is 0 Å². The lowest BCUT2D eigenvalue weighted by Gasteiger charge is -2.29. The van der Waals surface area contributed by atoms with Crippen LogP contribution >= 0.6 is 0 Å². The van der Waals surface area contributed by atoms with Gasteiger partial charge in [0.05, 0.1) is 24.7 Å². The first kappa shape index (κ1) is 27.5. The van der Waals surface area contributed by atoms with Crippen molar-refractivity contribution in [1.29, 1.82) is 0 Å². The molecule has 188 valence electrons. The molecule has 0 aromatic heterocycles. The van der Waals surface area contributed by atoms with E-state index in [9.17, 15) is 24.6 Å². The summed E-state index contributed by atoms with van der Waals surface area (Å²) in [4.78, 5) is 37.3. The quantitative estimate of drug-likeness (QED) is 0.215. The number of aliphatic hydroxyl groups is 3. The normalized spacial score (nSPS) is 29.8. The third kappa shape index (κ3) is 6.65. The van der Waals surface area contributed by atoms with Crippen molar-refractivity contribution in [2.24, 2.45) is 11.8 Å². The molecule has 1 fully saturated rings. The maximum absolute atomic E-state index is 12.6. The summed E-state index contributed by atoms with van der Waals surface area (Å²) in [6.45, 7) is 9.73. The fourth-order valence-electron chi connectivity index (χ4n) is 3.84. The van der Waals surface area contributed by atoms with Gasteiger partial charge in [0.15, 0.2) is 6.10 Å². The molecular weight excluding hydrogens is 444 g/mol. The number of ether oxygens (including phenoxy) is 3. The molecule has 1 heterocycles. The van der Waals surface area contributed by atoms with E-state index < -0.39 is 61.5 Å². The van der Waals surface area contributed by atoms with Gasteiger partial charge in [0.2, 0.25) is 0 Å². The Morgan fingerprint density at radius 3 is 2.53 bits per heavy atom. The number of fused-ring (bicyclic) bond motifs is 1. The average Bonchev–Trinajstić information content (AvgIpc) is 3.05. The Kier molecular flexibility index (Phi) is 9.78. The number of esters is 3. The minimum Gasteiger partial charge on any atom is -0.458 e. The van der Waals surface area contributed by atoms with Crippen LogP contribution in [0.5, 0.6) is 0 Å². The van der Waals surface area contributed by atoms with Crippen LogP contribution in [-0.4, -0.2) is 70.9 Å². The predicted molar refractivity (Wildman–Crippen MR) is 122 cm³/mol. The van der Waals surface area contributed by atoms with E-state index >= 15 is 0 Å². The van der Waals surface area contributed by atoms with Crippen molar-refractivity contribution in [2.75, 3.05) is 13.2 Å². The minimum absolute atomic E-state index is 0.101. The average molecular weight is 479 g/mol. The second-order valence-corrected chi connectivity index (χ2v) is 8.95. The van der Waals surface area contributed by atoms with Crippen LogP contribution in [0.25, 0.3) is 0 Å². The number of carbonyl (C=O) groups is 3. The number of hydrogen-bond acceptors (Lipinski definition) is 9. The van der Waals surface area contributed by atoms with Crippen LogP contribution in [0.4, 0.5) is 0 Å². The Morgan fingerprint density at radius 2 is 1.94 bits per heavy atom. The summed E-state index contributed by atoms with van der Waals surface area (Å²) in [7, 11) is 0. The molecule has 0 aromatic carbocycles. The van der Waals surface area contributed by atoms with Crippen molar-refractivity contribution in [3.8, 4) is 0 Å². The lowest BCUT2D eigenvalue weighted by molar-refractivity contribution is -0.159. The van der Waals surface area contributed by atoms with E-state index in [0.29, 0.717) is 12.0 Å². The first-order chi connectivity index (χ1) is 16.0. The Balaban J connectivity index is 2.39. The third-order valence-electron chi connectivity index (χ3n) is 5.96. The maximum atomic E-state index is 12.6. The first-order valence-corrected chi connectivity index (χ1v) is 11.2. The smallest absolute Gasteiger partial charge is 0.336 e. The van der Waals surface area contributed by atoms with E-state index in [1.165, 1.54) is 0 Å². The Hall–Kier alpha value is -2.75. The maximum Gasteiger partial charge on any atom is 0.336 e. The molecule has 34 heavy (non-hydrogen) atoms. The molecule has 9 nitrogen and oxygen atoms in total. The van der Waals surface area contributed by atoms with Crippen molar-refractivity contribution < 1.29 is 43.9 Å². The fraction of sp³-hybridized carbons (Fsp3) is 0.560. The number of aliphatic hydroxyl groups excluding tert-OH is 3. The van der Waals surface area contributed by atoms with Crippen LogP contribution < -0.4 is 0 Å². The van der Waals surface area contributed by atoms with Gasteiger partial charge < -0.3 is 29.5 Å². The molecule has 2 rings (SSSR count). The number of rotatable bonds is 7. The van der Waals surface area contributed by atoms with Crippen molar-refractivity contribution in [1.82, 2.24) is 0 Å². The molecule has 0 bridgehead atoms. The van der Waals surface area contributed by atoms with Crippen LogP contribution in [0.3, 0.4) is 0 Å². The third-order valence-corrected chi connectivity index (χ3v) is 5.96. The standard InChI is InChI=1S/C25H34O9/c1-13(2)22(28)25(31)32-18-7-6-14(3)10-19(34-24(30)17(12-27)8-9-26)21-16(5)23(29)33-20(21)11-15(18)4/h6,8,11,13,18-22,26-28H,5,7,9-10,12H2,1-4H3/b14-6+,15-11-,17-8-/t18-,19+,20-,21-,22+/m0/s1. The van der Waals surface area contributed by atoms with Gasteiger partial charge in [-0.25, -0.2) is 14.4 Å². The Labute approximate surface area is 199 Å². The predicted octanol–water partition coefficient (Wildman–Crippen LogP) is 1.52. The molecule has 1 saturated heterocycles. The molecule has 1 aliphatic heterocycles. The molecule has 0 unspecified atom stereocenters. The summed E-state index contributed by atoms with van der Waals surface area (Å²) in [5.74, 6) is -3.19. The van der Waals surface area contributed by atoms with Gasteiger partial charge in [-0.2, -0.15) is 0 Å². The van der Waals surface area contributed by atoms with Gasteiger partial charge in [-0.3, -0.25) is 0 Å². The SMILES string of the molecule is C=C1C(=O)O[C@H]2/C=C(/C)[C@@H](OC(=O)[C@H](O)C(C)C)C/C=C(\C)C[C@@H](OC(=O)/C(=C\CO)CO)[C@H]12. The zero-order chi connectivity index (χ0) is 25.6. The summed E-state index contributed by atoms with van der Waals surface area (Å²) in [6, 6.07) is 0. The molecule has 0 saturated carbocycles. The minimum atomic E-state index is -1.26. The summed E-state index contributed by atoms with van der Waals surface area (Å²) in [5.41, 5.74) is 1.45. The van der Waals surface area contributed by atoms with Gasteiger partial charge in [-0.05, 0) is 37.5 Å². The van der Waals surface area contributed by atoms with E-state index in [-0.39, 0.29) is 23.5 Å². The molecule has 0 spiro atoms. The summed E-state index contributed by atoms with van der Waals surface area (Å²) < 4.78 is 16.7. The zero-order valence-corrected chi connectivity index (χ0v) is 20.0. The van der Waals surface area contributed by atoms with Crippen molar-refractivity contribution >= 4 is 17.9 Å². The molecule has 5 atom stereocenters. The highest BCUT2D eigenvalue weighted by Gasteiger charge is 2.45. The largest absolute Gasteiger partial charge is 0.458 e. The molecule has 3 N–H and O–H groups in total. The van der Waals surface area contributed by atoms with Crippen LogP contribution in [-0.2, 0) is 28.6 Å². The monoisotopic (exact) mass is 478 g/mol. The van der Waals surface area contributed by atoms with Gasteiger partial charge in [0.1, 0.15) is 18.3 Å². The molecule has 9 heteroatoms. The Bertz CT molecular complexity index is 896. The second-order valence-electron chi connectivity index (χ2n) is 8.95. The zero-order valence-electron chi connectivity index (χ0n) is 20.0. The van der Waals surface area contributed by atoms with Crippen molar-refractivity contribution in [3.05, 3.63) is 47.1 Å². The van der Waals surface area contributed by atoms with E-state index in [0.717, 1.165) is 11.6 Å². The molecule has 1 aliphatic carbocycles. The molecule has 0 radical (unpaired) electrons. The highest BCUT2D eigenvalue weighted by molar-refractivity contribution is 5.92. The Morgan fingerprint density at radius 1 is 1.26 bits per heavy atom. The first-order valence-electron chi connectivity index (χ1n) is 11.2. The fourth-order valence-corrected chi connectivity index (χ4v) is 3.84. The lowest BCUT2D eigenvalue weighted by Crippen LogP contribution is -2.35. The lowest BCUT2D eigenvalue weighted by atomic mass is 9.85. The van der Waals surface area contributed by atoms with Crippen LogP contribution in [0.15, 0.2) is 47.1 Å². The van der Waals surface area contributed by atoms with Crippen molar-refractivity contribution in [2.45, 2.75) is 65.0 Å². The molecule has 0 aromatic rings. The van der Waals surface area contributed by atoms with Gasteiger partial charge >= 0.3 is 17.9 Å². The number of carbonyl (C=O) groups excluding carboxylic acids is 3. The van der Waals surface area contributed by atoms with E-state index in [2.05, 4.69) is 6.58 Å². The van der Waals surface area contributed by atoms with E-state index in [4.69, 9.17) is 19.3 Å². The van der Waals surface area contributed by atoms with Gasteiger partial charge in [0.25, 0.3) is 0 Å². The topological polar surface area (TPSA) is 140 Å². The highest BCUT2D eigenvalue weighted by atomic mass is 16.6. The van der Waals surface area contributed by atoms with Crippen LogP contribution in [0.1, 0.15) is 40.5 Å². The van der Waals surface area contributed by atoms with Gasteiger partial charge in [-0.1, -0.05) is 32.1 Å². The molecule has 2 aliphatic rings. The van der Waals surface area contributed by atoms with Gasteiger partial charge in [-0.15, -0.1) is 0 Å². The van der Waals surface area contributed by atoms with Crippen LogP contribution in [0, 0.1) is 11.8 Å². The molecule has 0 amide bonds.